The fourth-order valence-electron chi connectivity index (χ4n) is 4.38. The Morgan fingerprint density at radius 2 is 1.80 bits per heavy atom. The van der Waals surface area contributed by atoms with E-state index in [2.05, 4.69) is 38.2 Å². The van der Waals surface area contributed by atoms with Crippen molar-refractivity contribution in [3.8, 4) is 0 Å². The monoisotopic (exact) mass is 420 g/mol. The lowest BCUT2D eigenvalue weighted by Gasteiger charge is -2.34. The first-order chi connectivity index (χ1) is 14.5. The van der Waals surface area contributed by atoms with Crippen LogP contribution in [0.1, 0.15) is 57.9 Å². The van der Waals surface area contributed by atoms with Gasteiger partial charge in [0.05, 0.1) is 18.7 Å². The molecule has 2 N–H and O–H groups in total. The molecule has 1 aromatic carbocycles. The van der Waals surface area contributed by atoms with Crippen LogP contribution in [0.3, 0.4) is 0 Å². The lowest BCUT2D eigenvalue weighted by atomic mass is 9.93. The summed E-state index contributed by atoms with van der Waals surface area (Å²) in [6.07, 6.45) is 4.34. The van der Waals surface area contributed by atoms with Crippen molar-refractivity contribution >= 4 is 22.2 Å². The molecule has 1 amide bonds. The van der Waals surface area contributed by atoms with Crippen LogP contribution in [0.4, 0.5) is 5.00 Å². The standard InChI is InChI=1S/C25H29N3OS/c1-17-12-15-28(16-13-17)23(21-11-7-8-14-26-21)22-18(2)19(3)30-25(22)27-24(29)20-9-5-4-6-10-20/h4-11,14,17,23H,12-13,15-16H2,1-3H3,(H,27,29)/p+1/t23-/m1/s1. The van der Waals surface area contributed by atoms with E-state index in [1.807, 2.05) is 42.6 Å². The summed E-state index contributed by atoms with van der Waals surface area (Å²) >= 11 is 1.68. The van der Waals surface area contributed by atoms with E-state index in [0.717, 1.165) is 29.7 Å². The average molecular weight is 421 g/mol. The third-order valence-electron chi connectivity index (χ3n) is 6.29. The molecule has 4 nitrogen and oxygen atoms in total. The topological polar surface area (TPSA) is 46.4 Å². The van der Waals surface area contributed by atoms with Gasteiger partial charge in [-0.05, 0) is 62.4 Å². The molecule has 4 rings (SSSR count). The summed E-state index contributed by atoms with van der Waals surface area (Å²) in [4.78, 5) is 20.5. The summed E-state index contributed by atoms with van der Waals surface area (Å²) < 4.78 is 0. The lowest BCUT2D eigenvalue weighted by molar-refractivity contribution is -0.931. The van der Waals surface area contributed by atoms with Crippen LogP contribution in [0.15, 0.2) is 54.7 Å². The van der Waals surface area contributed by atoms with Crippen molar-refractivity contribution in [2.75, 3.05) is 18.4 Å². The molecule has 3 aromatic rings. The number of piperidine rings is 1. The van der Waals surface area contributed by atoms with Gasteiger partial charge >= 0.3 is 0 Å². The number of rotatable bonds is 5. The van der Waals surface area contributed by atoms with Gasteiger partial charge < -0.3 is 10.2 Å². The van der Waals surface area contributed by atoms with Gasteiger partial charge in [0, 0.05) is 16.6 Å². The van der Waals surface area contributed by atoms with E-state index in [4.69, 9.17) is 4.98 Å². The molecular formula is C25H30N3OS+. The van der Waals surface area contributed by atoms with E-state index >= 15 is 0 Å². The quantitative estimate of drug-likeness (QED) is 0.642. The molecule has 0 radical (unpaired) electrons. The number of carbonyl (C=O) groups is 1. The largest absolute Gasteiger partial charge is 0.324 e. The van der Waals surface area contributed by atoms with E-state index in [0.29, 0.717) is 5.56 Å². The molecule has 1 aliphatic heterocycles. The van der Waals surface area contributed by atoms with Gasteiger partial charge in [0.15, 0.2) is 6.04 Å². The van der Waals surface area contributed by atoms with Crippen molar-refractivity contribution < 1.29 is 9.69 Å². The first kappa shape index (κ1) is 20.8. The molecule has 0 aliphatic carbocycles. The molecule has 30 heavy (non-hydrogen) atoms. The molecule has 1 fully saturated rings. The number of nitrogens with one attached hydrogen (secondary N) is 2. The van der Waals surface area contributed by atoms with Gasteiger partial charge in [-0.15, -0.1) is 11.3 Å². The van der Waals surface area contributed by atoms with Crippen molar-refractivity contribution in [1.82, 2.24) is 4.98 Å². The Labute approximate surface area is 183 Å². The Kier molecular flexibility index (Phi) is 6.30. The van der Waals surface area contributed by atoms with Gasteiger partial charge in [0.1, 0.15) is 10.7 Å². The Balaban J connectivity index is 1.74. The molecule has 0 spiro atoms. The number of quaternary nitrogens is 1. The zero-order valence-corrected chi connectivity index (χ0v) is 18.8. The van der Waals surface area contributed by atoms with Crippen LogP contribution in [0.5, 0.6) is 0 Å². The second-order valence-corrected chi connectivity index (χ2v) is 9.60. The number of likely N-dealkylation sites (tertiary alicyclic amines) is 1. The molecule has 1 saturated heterocycles. The number of carbonyl (C=O) groups excluding carboxylic acids is 1. The summed E-state index contributed by atoms with van der Waals surface area (Å²) in [5, 5.41) is 4.18. The number of benzene rings is 1. The van der Waals surface area contributed by atoms with E-state index in [9.17, 15) is 4.79 Å². The number of pyridine rings is 1. The number of nitrogens with zero attached hydrogens (tertiary/aromatic N) is 1. The van der Waals surface area contributed by atoms with Crippen molar-refractivity contribution in [2.24, 2.45) is 5.92 Å². The Hall–Kier alpha value is -2.50. The van der Waals surface area contributed by atoms with Crippen LogP contribution >= 0.6 is 11.3 Å². The fourth-order valence-corrected chi connectivity index (χ4v) is 5.47. The molecule has 5 heteroatoms. The molecule has 0 unspecified atom stereocenters. The van der Waals surface area contributed by atoms with Crippen LogP contribution in [0, 0.1) is 19.8 Å². The second-order valence-electron chi connectivity index (χ2n) is 8.37. The number of aryl methyl sites for hydroxylation is 1. The molecule has 1 atom stereocenters. The van der Waals surface area contributed by atoms with Gasteiger partial charge in [0.25, 0.3) is 5.91 Å². The SMILES string of the molecule is Cc1sc(NC(=O)c2ccccc2)c([C@@H](c2ccccn2)[NH+]2CCC(C)CC2)c1C. The maximum Gasteiger partial charge on any atom is 0.256 e. The number of hydrogen-bond acceptors (Lipinski definition) is 3. The van der Waals surface area contributed by atoms with Crippen LogP contribution in [0.2, 0.25) is 0 Å². The predicted octanol–water partition coefficient (Wildman–Crippen LogP) is 4.42. The number of aromatic nitrogens is 1. The van der Waals surface area contributed by atoms with Gasteiger partial charge in [0.2, 0.25) is 0 Å². The van der Waals surface area contributed by atoms with Crippen molar-refractivity contribution in [1.29, 1.82) is 0 Å². The Morgan fingerprint density at radius 1 is 1.10 bits per heavy atom. The zero-order valence-electron chi connectivity index (χ0n) is 17.9. The van der Waals surface area contributed by atoms with E-state index in [-0.39, 0.29) is 11.9 Å². The fraction of sp³-hybridized carbons (Fsp3) is 0.360. The van der Waals surface area contributed by atoms with Gasteiger partial charge in [-0.3, -0.25) is 9.78 Å². The molecule has 156 valence electrons. The minimum atomic E-state index is -0.0554. The minimum Gasteiger partial charge on any atom is -0.324 e. The average Bonchev–Trinajstić information content (AvgIpc) is 3.04. The highest BCUT2D eigenvalue weighted by Crippen LogP contribution is 2.38. The first-order valence-corrected chi connectivity index (χ1v) is 11.6. The van der Waals surface area contributed by atoms with E-state index in [1.54, 1.807) is 16.2 Å². The summed E-state index contributed by atoms with van der Waals surface area (Å²) in [5.74, 6) is 0.723. The normalized spacial score (nSPS) is 20.0. The number of anilines is 1. The second kappa shape index (κ2) is 9.11. The summed E-state index contributed by atoms with van der Waals surface area (Å²) in [7, 11) is 0. The Morgan fingerprint density at radius 3 is 2.47 bits per heavy atom. The minimum absolute atomic E-state index is 0.0554. The third-order valence-corrected chi connectivity index (χ3v) is 7.43. The van der Waals surface area contributed by atoms with Gasteiger partial charge in [-0.2, -0.15) is 0 Å². The highest BCUT2D eigenvalue weighted by Gasteiger charge is 2.35. The number of hydrogen-bond donors (Lipinski definition) is 2. The molecular weight excluding hydrogens is 390 g/mol. The molecule has 1 aliphatic rings. The van der Waals surface area contributed by atoms with Crippen molar-refractivity contribution in [3.63, 3.8) is 0 Å². The van der Waals surface area contributed by atoms with Gasteiger partial charge in [-0.1, -0.05) is 31.2 Å². The van der Waals surface area contributed by atoms with E-state index in [1.165, 1.54) is 28.8 Å². The number of thiophene rings is 1. The summed E-state index contributed by atoms with van der Waals surface area (Å²) in [5.41, 5.74) is 4.26. The van der Waals surface area contributed by atoms with Crippen LogP contribution in [-0.4, -0.2) is 24.0 Å². The Bertz CT molecular complexity index is 992. The highest BCUT2D eigenvalue weighted by molar-refractivity contribution is 7.16. The van der Waals surface area contributed by atoms with Crippen molar-refractivity contribution in [3.05, 3.63) is 82.0 Å². The molecule has 2 aromatic heterocycles. The number of amides is 1. The molecule has 0 saturated carbocycles. The zero-order chi connectivity index (χ0) is 21.1. The van der Waals surface area contributed by atoms with Crippen LogP contribution in [-0.2, 0) is 0 Å². The summed E-state index contributed by atoms with van der Waals surface area (Å²) in [6.45, 7) is 8.93. The van der Waals surface area contributed by atoms with Crippen LogP contribution < -0.4 is 10.2 Å². The lowest BCUT2D eigenvalue weighted by Crippen LogP contribution is -3.13. The first-order valence-electron chi connectivity index (χ1n) is 10.8. The smallest absolute Gasteiger partial charge is 0.256 e. The maximum atomic E-state index is 12.9. The maximum absolute atomic E-state index is 12.9. The molecule has 0 bridgehead atoms. The van der Waals surface area contributed by atoms with Crippen molar-refractivity contribution in [2.45, 2.75) is 39.7 Å². The van der Waals surface area contributed by atoms with Crippen LogP contribution in [0.25, 0.3) is 0 Å². The summed E-state index contributed by atoms with van der Waals surface area (Å²) in [6, 6.07) is 15.7. The molecule has 3 heterocycles. The third kappa shape index (κ3) is 4.32. The van der Waals surface area contributed by atoms with E-state index < -0.39 is 0 Å². The van der Waals surface area contributed by atoms with Gasteiger partial charge in [-0.25, -0.2) is 0 Å². The predicted molar refractivity (Wildman–Crippen MR) is 123 cm³/mol. The highest BCUT2D eigenvalue weighted by atomic mass is 32.1.